The van der Waals surface area contributed by atoms with Crippen LogP contribution >= 0.6 is 0 Å². The van der Waals surface area contributed by atoms with E-state index in [-0.39, 0.29) is 0 Å². The summed E-state index contributed by atoms with van der Waals surface area (Å²) in [5.74, 6) is 0. The summed E-state index contributed by atoms with van der Waals surface area (Å²) in [5, 5.41) is 3.72. The van der Waals surface area contributed by atoms with Crippen molar-refractivity contribution in [2.24, 2.45) is 0 Å². The Balaban J connectivity index is 3.14. The van der Waals surface area contributed by atoms with Crippen molar-refractivity contribution in [3.05, 3.63) is 28.3 Å². The Morgan fingerprint density at radius 3 is 2.06 bits per heavy atom. The van der Waals surface area contributed by atoms with Gasteiger partial charge in [0.1, 0.15) is 0 Å². The van der Waals surface area contributed by atoms with Gasteiger partial charge in [0, 0.05) is 11.7 Å². The maximum absolute atomic E-state index is 3.72. The SMILES string of the molecule is CCc1c(C)cc(C)c(NC(CC)CC)c1C. The molecule has 96 valence electrons. The predicted octanol–water partition coefficient (Wildman–Crippen LogP) is 4.77. The second kappa shape index (κ2) is 6.09. The lowest BCUT2D eigenvalue weighted by atomic mass is 9.95. The fraction of sp³-hybridized carbons (Fsp3) is 0.625. The third-order valence-electron chi connectivity index (χ3n) is 3.82. The lowest BCUT2D eigenvalue weighted by Crippen LogP contribution is -2.19. The van der Waals surface area contributed by atoms with Crippen LogP contribution in [0.25, 0.3) is 0 Å². The van der Waals surface area contributed by atoms with E-state index in [1.807, 2.05) is 0 Å². The van der Waals surface area contributed by atoms with Crippen LogP contribution in [0.15, 0.2) is 6.07 Å². The van der Waals surface area contributed by atoms with Crippen LogP contribution in [0.4, 0.5) is 5.69 Å². The molecule has 0 aliphatic carbocycles. The van der Waals surface area contributed by atoms with E-state index in [9.17, 15) is 0 Å². The van der Waals surface area contributed by atoms with E-state index >= 15 is 0 Å². The van der Waals surface area contributed by atoms with Gasteiger partial charge in [-0.25, -0.2) is 0 Å². The molecule has 0 fully saturated rings. The molecule has 0 radical (unpaired) electrons. The number of anilines is 1. The lowest BCUT2D eigenvalue weighted by molar-refractivity contribution is 0.670. The van der Waals surface area contributed by atoms with Gasteiger partial charge in [0.15, 0.2) is 0 Å². The molecule has 0 amide bonds. The van der Waals surface area contributed by atoms with Gasteiger partial charge >= 0.3 is 0 Å². The van der Waals surface area contributed by atoms with E-state index in [4.69, 9.17) is 0 Å². The Hall–Kier alpha value is -0.980. The number of aryl methyl sites for hydroxylation is 2. The summed E-state index contributed by atoms with van der Waals surface area (Å²) in [6.45, 7) is 13.4. The predicted molar refractivity (Wildman–Crippen MR) is 78.0 cm³/mol. The minimum Gasteiger partial charge on any atom is -0.382 e. The lowest BCUT2D eigenvalue weighted by Gasteiger charge is -2.23. The molecule has 0 aliphatic heterocycles. The number of rotatable bonds is 5. The van der Waals surface area contributed by atoms with Gasteiger partial charge in [-0.1, -0.05) is 26.8 Å². The van der Waals surface area contributed by atoms with Crippen molar-refractivity contribution in [2.45, 2.75) is 66.8 Å². The summed E-state index contributed by atoms with van der Waals surface area (Å²) >= 11 is 0. The Bertz CT molecular complexity index is 376. The van der Waals surface area contributed by atoms with Crippen LogP contribution in [0.5, 0.6) is 0 Å². The summed E-state index contributed by atoms with van der Waals surface area (Å²) < 4.78 is 0. The van der Waals surface area contributed by atoms with Crippen molar-refractivity contribution in [1.29, 1.82) is 0 Å². The number of nitrogens with one attached hydrogen (secondary N) is 1. The summed E-state index contributed by atoms with van der Waals surface area (Å²) in [5.41, 5.74) is 7.11. The van der Waals surface area contributed by atoms with Crippen molar-refractivity contribution in [2.75, 3.05) is 5.32 Å². The van der Waals surface area contributed by atoms with Crippen molar-refractivity contribution in [1.82, 2.24) is 0 Å². The van der Waals surface area contributed by atoms with Gasteiger partial charge < -0.3 is 5.32 Å². The Kier molecular flexibility index (Phi) is 5.04. The van der Waals surface area contributed by atoms with E-state index in [0.717, 1.165) is 6.42 Å². The topological polar surface area (TPSA) is 12.0 Å². The maximum Gasteiger partial charge on any atom is 0.0404 e. The quantitative estimate of drug-likeness (QED) is 0.772. The van der Waals surface area contributed by atoms with E-state index in [2.05, 4.69) is 52.9 Å². The fourth-order valence-corrected chi connectivity index (χ4v) is 2.69. The zero-order valence-corrected chi connectivity index (χ0v) is 12.3. The van der Waals surface area contributed by atoms with Gasteiger partial charge in [-0.05, 0) is 62.3 Å². The van der Waals surface area contributed by atoms with Crippen LogP contribution in [0.3, 0.4) is 0 Å². The van der Waals surface area contributed by atoms with Gasteiger partial charge in [0.05, 0.1) is 0 Å². The first kappa shape index (κ1) is 14.1. The molecule has 0 bridgehead atoms. The second-order valence-electron chi connectivity index (χ2n) is 5.00. The molecule has 0 saturated carbocycles. The van der Waals surface area contributed by atoms with E-state index < -0.39 is 0 Å². The molecule has 0 spiro atoms. The van der Waals surface area contributed by atoms with Gasteiger partial charge in [0.25, 0.3) is 0 Å². The first-order valence-electron chi connectivity index (χ1n) is 6.91. The van der Waals surface area contributed by atoms with Gasteiger partial charge in [-0.15, -0.1) is 0 Å². The maximum atomic E-state index is 3.72. The molecule has 0 heterocycles. The first-order valence-corrected chi connectivity index (χ1v) is 6.91. The average Bonchev–Trinajstić information content (AvgIpc) is 2.29. The third-order valence-corrected chi connectivity index (χ3v) is 3.82. The summed E-state index contributed by atoms with van der Waals surface area (Å²) in [6.07, 6.45) is 3.49. The number of hydrogen-bond donors (Lipinski definition) is 1. The molecule has 1 aromatic carbocycles. The minimum atomic E-state index is 0.597. The molecule has 0 aliphatic rings. The fourth-order valence-electron chi connectivity index (χ4n) is 2.69. The summed E-state index contributed by atoms with van der Waals surface area (Å²) in [7, 11) is 0. The molecule has 17 heavy (non-hydrogen) atoms. The normalized spacial score (nSPS) is 11.0. The zero-order valence-electron chi connectivity index (χ0n) is 12.3. The summed E-state index contributed by atoms with van der Waals surface area (Å²) in [4.78, 5) is 0. The third kappa shape index (κ3) is 3.02. The van der Waals surface area contributed by atoms with Gasteiger partial charge in [-0.2, -0.15) is 0 Å². The van der Waals surface area contributed by atoms with E-state index in [0.29, 0.717) is 6.04 Å². The second-order valence-corrected chi connectivity index (χ2v) is 5.00. The van der Waals surface area contributed by atoms with E-state index in [1.54, 1.807) is 0 Å². The van der Waals surface area contributed by atoms with Crippen LogP contribution in [-0.4, -0.2) is 6.04 Å². The monoisotopic (exact) mass is 233 g/mol. The highest BCUT2D eigenvalue weighted by molar-refractivity contribution is 5.62. The van der Waals surface area contributed by atoms with Crippen LogP contribution in [0, 0.1) is 20.8 Å². The first-order chi connectivity index (χ1) is 8.04. The Morgan fingerprint density at radius 2 is 1.59 bits per heavy atom. The highest BCUT2D eigenvalue weighted by Crippen LogP contribution is 2.28. The largest absolute Gasteiger partial charge is 0.382 e. The molecule has 1 heteroatoms. The molecule has 0 saturated heterocycles. The molecule has 0 aromatic heterocycles. The molecule has 1 nitrogen and oxygen atoms in total. The minimum absolute atomic E-state index is 0.597. The van der Waals surface area contributed by atoms with Crippen LogP contribution in [0.1, 0.15) is 55.9 Å². The van der Waals surface area contributed by atoms with Gasteiger partial charge in [-0.3, -0.25) is 0 Å². The number of benzene rings is 1. The molecule has 1 aromatic rings. The molecule has 0 unspecified atom stereocenters. The van der Waals surface area contributed by atoms with Gasteiger partial charge in [0.2, 0.25) is 0 Å². The van der Waals surface area contributed by atoms with E-state index in [1.165, 1.54) is 40.8 Å². The Labute approximate surface area is 107 Å². The van der Waals surface area contributed by atoms with Crippen molar-refractivity contribution in [3.8, 4) is 0 Å². The zero-order chi connectivity index (χ0) is 13.0. The summed E-state index contributed by atoms with van der Waals surface area (Å²) in [6, 6.07) is 2.91. The molecule has 1 rings (SSSR count). The molecular weight excluding hydrogens is 206 g/mol. The molecule has 0 atom stereocenters. The van der Waals surface area contributed by atoms with Crippen LogP contribution in [-0.2, 0) is 6.42 Å². The highest BCUT2D eigenvalue weighted by atomic mass is 14.9. The Morgan fingerprint density at radius 1 is 1.00 bits per heavy atom. The van der Waals surface area contributed by atoms with Crippen LogP contribution in [0.2, 0.25) is 0 Å². The number of hydrogen-bond acceptors (Lipinski definition) is 1. The van der Waals surface area contributed by atoms with Crippen molar-refractivity contribution >= 4 is 5.69 Å². The standard InChI is InChI=1S/C16H27N/c1-7-14(8-2)17-16-12(5)10-11(4)15(9-3)13(16)6/h10,14,17H,7-9H2,1-6H3. The average molecular weight is 233 g/mol. The smallest absolute Gasteiger partial charge is 0.0404 e. The van der Waals surface area contributed by atoms with Crippen LogP contribution < -0.4 is 5.32 Å². The highest BCUT2D eigenvalue weighted by Gasteiger charge is 2.12. The van der Waals surface area contributed by atoms with Crippen molar-refractivity contribution < 1.29 is 0 Å². The van der Waals surface area contributed by atoms with Crippen molar-refractivity contribution in [3.63, 3.8) is 0 Å². The molecular formula is C16H27N. The molecule has 1 N–H and O–H groups in total.